The van der Waals surface area contributed by atoms with Gasteiger partial charge in [-0.25, -0.2) is 0 Å². The molecule has 0 bridgehead atoms. The second kappa shape index (κ2) is 3.93. The molecular weight excluding hydrogens is 150 g/mol. The Morgan fingerprint density at radius 3 is 3.00 bits per heavy atom. The first-order valence-corrected chi connectivity index (χ1v) is 4.55. The predicted octanol–water partition coefficient (Wildman–Crippen LogP) is 0.760. The minimum atomic E-state index is -0.503. The standard InChI is InChI=1S/C10H17NO/c1-3-7-11-8-10(12)6-4-5-9(10)2/h1,9,11-12H,4-8H2,2H3. The van der Waals surface area contributed by atoms with E-state index in [1.165, 1.54) is 0 Å². The van der Waals surface area contributed by atoms with Gasteiger partial charge in [-0.2, -0.15) is 0 Å². The Morgan fingerprint density at radius 2 is 2.50 bits per heavy atom. The lowest BCUT2D eigenvalue weighted by Gasteiger charge is -2.27. The molecule has 0 aliphatic heterocycles. The first kappa shape index (κ1) is 9.57. The molecule has 2 heteroatoms. The third kappa shape index (κ3) is 2.00. The van der Waals surface area contributed by atoms with Gasteiger partial charge >= 0.3 is 0 Å². The second-order valence-corrected chi connectivity index (χ2v) is 3.70. The van der Waals surface area contributed by atoms with Crippen molar-refractivity contribution in [1.29, 1.82) is 0 Å². The molecule has 1 saturated carbocycles. The Labute approximate surface area is 74.4 Å². The zero-order valence-corrected chi connectivity index (χ0v) is 7.64. The van der Waals surface area contributed by atoms with Crippen molar-refractivity contribution in [1.82, 2.24) is 5.32 Å². The summed E-state index contributed by atoms with van der Waals surface area (Å²) in [6, 6.07) is 0. The Hall–Kier alpha value is -0.520. The van der Waals surface area contributed by atoms with Crippen LogP contribution >= 0.6 is 0 Å². The van der Waals surface area contributed by atoms with Gasteiger partial charge in [-0.1, -0.05) is 19.3 Å². The highest BCUT2D eigenvalue weighted by Gasteiger charge is 2.37. The molecule has 0 aromatic heterocycles. The van der Waals surface area contributed by atoms with Crippen LogP contribution in [0, 0.1) is 18.3 Å². The van der Waals surface area contributed by atoms with Gasteiger partial charge in [0.1, 0.15) is 0 Å². The highest BCUT2D eigenvalue weighted by atomic mass is 16.3. The summed E-state index contributed by atoms with van der Waals surface area (Å²) in [4.78, 5) is 0. The lowest BCUT2D eigenvalue weighted by molar-refractivity contribution is 0.0110. The van der Waals surface area contributed by atoms with E-state index in [1.54, 1.807) is 0 Å². The molecule has 2 nitrogen and oxygen atoms in total. The van der Waals surface area contributed by atoms with E-state index in [1.807, 2.05) is 0 Å². The smallest absolute Gasteiger partial charge is 0.0797 e. The second-order valence-electron chi connectivity index (χ2n) is 3.70. The SMILES string of the molecule is C#CCNCC1(O)CCCC1C. The topological polar surface area (TPSA) is 32.3 Å². The Kier molecular flexibility index (Phi) is 3.13. The molecule has 0 radical (unpaired) electrons. The van der Waals surface area contributed by atoms with E-state index in [0.717, 1.165) is 19.3 Å². The minimum Gasteiger partial charge on any atom is -0.388 e. The molecule has 2 unspecified atom stereocenters. The summed E-state index contributed by atoms with van der Waals surface area (Å²) in [5.74, 6) is 2.91. The van der Waals surface area contributed by atoms with Gasteiger partial charge in [0.2, 0.25) is 0 Å². The van der Waals surface area contributed by atoms with Crippen molar-refractivity contribution in [2.75, 3.05) is 13.1 Å². The van der Waals surface area contributed by atoms with Crippen molar-refractivity contribution < 1.29 is 5.11 Å². The maximum absolute atomic E-state index is 10.1. The fourth-order valence-electron chi connectivity index (χ4n) is 1.84. The van der Waals surface area contributed by atoms with Crippen LogP contribution in [0.2, 0.25) is 0 Å². The fraction of sp³-hybridized carbons (Fsp3) is 0.800. The quantitative estimate of drug-likeness (QED) is 0.480. The van der Waals surface area contributed by atoms with Crippen molar-refractivity contribution in [3.63, 3.8) is 0 Å². The van der Waals surface area contributed by atoms with Crippen LogP contribution in [0.5, 0.6) is 0 Å². The molecule has 0 saturated heterocycles. The molecule has 2 atom stereocenters. The van der Waals surface area contributed by atoms with Gasteiger partial charge in [0.25, 0.3) is 0 Å². The van der Waals surface area contributed by atoms with Crippen LogP contribution in [0.25, 0.3) is 0 Å². The maximum atomic E-state index is 10.1. The number of rotatable bonds is 3. The molecule has 1 aliphatic rings. The lowest BCUT2D eigenvalue weighted by Crippen LogP contribution is -2.42. The van der Waals surface area contributed by atoms with Crippen molar-refractivity contribution in [3.05, 3.63) is 0 Å². The summed E-state index contributed by atoms with van der Waals surface area (Å²) in [5.41, 5.74) is -0.503. The van der Waals surface area contributed by atoms with Gasteiger partial charge in [-0.15, -0.1) is 6.42 Å². The van der Waals surface area contributed by atoms with Gasteiger partial charge in [0, 0.05) is 6.54 Å². The van der Waals surface area contributed by atoms with Crippen molar-refractivity contribution in [3.8, 4) is 12.3 Å². The van der Waals surface area contributed by atoms with E-state index >= 15 is 0 Å². The maximum Gasteiger partial charge on any atom is 0.0797 e. The molecule has 1 rings (SSSR count). The van der Waals surface area contributed by atoms with E-state index in [4.69, 9.17) is 6.42 Å². The average Bonchev–Trinajstić information content (AvgIpc) is 2.34. The number of aliphatic hydroxyl groups is 1. The molecule has 0 amide bonds. The minimum absolute atomic E-state index is 0.405. The molecule has 0 spiro atoms. The predicted molar refractivity (Wildman–Crippen MR) is 49.7 cm³/mol. The highest BCUT2D eigenvalue weighted by Crippen LogP contribution is 2.34. The van der Waals surface area contributed by atoms with Gasteiger partial charge in [0.15, 0.2) is 0 Å². The first-order chi connectivity index (χ1) is 5.69. The third-order valence-electron chi connectivity index (χ3n) is 2.82. The molecule has 1 fully saturated rings. The van der Waals surface area contributed by atoms with Crippen LogP contribution in [-0.2, 0) is 0 Å². The summed E-state index contributed by atoms with van der Waals surface area (Å²) < 4.78 is 0. The Morgan fingerprint density at radius 1 is 1.75 bits per heavy atom. The molecular formula is C10H17NO. The molecule has 68 valence electrons. The van der Waals surface area contributed by atoms with Gasteiger partial charge in [-0.05, 0) is 18.8 Å². The van der Waals surface area contributed by atoms with E-state index in [0.29, 0.717) is 19.0 Å². The molecule has 0 heterocycles. The molecule has 0 aromatic rings. The summed E-state index contributed by atoms with van der Waals surface area (Å²) in [6.07, 6.45) is 8.27. The number of terminal acetylenes is 1. The van der Waals surface area contributed by atoms with E-state index < -0.39 is 5.60 Å². The first-order valence-electron chi connectivity index (χ1n) is 4.55. The Bertz CT molecular complexity index is 185. The van der Waals surface area contributed by atoms with E-state index in [2.05, 4.69) is 18.2 Å². The van der Waals surface area contributed by atoms with Gasteiger partial charge in [0.05, 0.1) is 12.1 Å². The monoisotopic (exact) mass is 167 g/mol. The third-order valence-corrected chi connectivity index (χ3v) is 2.82. The van der Waals surface area contributed by atoms with Crippen LogP contribution in [0.1, 0.15) is 26.2 Å². The number of hydrogen-bond donors (Lipinski definition) is 2. The molecule has 0 aromatic carbocycles. The Balaban J connectivity index is 2.33. The van der Waals surface area contributed by atoms with Crippen LogP contribution in [-0.4, -0.2) is 23.8 Å². The highest BCUT2D eigenvalue weighted by molar-refractivity contribution is 4.94. The summed E-state index contributed by atoms with van der Waals surface area (Å²) in [7, 11) is 0. The van der Waals surface area contributed by atoms with Gasteiger partial charge in [-0.3, -0.25) is 0 Å². The van der Waals surface area contributed by atoms with Crippen LogP contribution < -0.4 is 5.32 Å². The van der Waals surface area contributed by atoms with Crippen LogP contribution in [0.4, 0.5) is 0 Å². The average molecular weight is 167 g/mol. The molecule has 2 N–H and O–H groups in total. The zero-order valence-electron chi connectivity index (χ0n) is 7.64. The summed E-state index contributed by atoms with van der Waals surface area (Å²) in [6.45, 7) is 3.29. The zero-order chi connectivity index (χ0) is 9.03. The fourth-order valence-corrected chi connectivity index (χ4v) is 1.84. The van der Waals surface area contributed by atoms with Crippen LogP contribution in [0.3, 0.4) is 0 Å². The van der Waals surface area contributed by atoms with Crippen molar-refractivity contribution in [2.45, 2.75) is 31.8 Å². The van der Waals surface area contributed by atoms with Crippen molar-refractivity contribution in [2.24, 2.45) is 5.92 Å². The largest absolute Gasteiger partial charge is 0.388 e. The number of hydrogen-bond acceptors (Lipinski definition) is 2. The van der Waals surface area contributed by atoms with Gasteiger partial charge < -0.3 is 10.4 Å². The molecule has 12 heavy (non-hydrogen) atoms. The lowest BCUT2D eigenvalue weighted by atomic mass is 9.92. The molecule has 1 aliphatic carbocycles. The number of nitrogens with one attached hydrogen (secondary N) is 1. The van der Waals surface area contributed by atoms with Crippen LogP contribution in [0.15, 0.2) is 0 Å². The summed E-state index contributed by atoms with van der Waals surface area (Å²) >= 11 is 0. The van der Waals surface area contributed by atoms with E-state index in [-0.39, 0.29) is 0 Å². The van der Waals surface area contributed by atoms with E-state index in [9.17, 15) is 5.11 Å². The normalized spacial score (nSPS) is 34.9. The summed E-state index contributed by atoms with van der Waals surface area (Å²) in [5, 5.41) is 13.1. The van der Waals surface area contributed by atoms with Crippen molar-refractivity contribution >= 4 is 0 Å².